The summed E-state index contributed by atoms with van der Waals surface area (Å²) in [7, 11) is 0. The van der Waals surface area contributed by atoms with Gasteiger partial charge in [0.2, 0.25) is 0 Å². The van der Waals surface area contributed by atoms with Crippen molar-refractivity contribution in [1.82, 2.24) is 10.3 Å². The summed E-state index contributed by atoms with van der Waals surface area (Å²) in [5.74, 6) is 0.679. The molecule has 4 heteroatoms. The topological polar surface area (TPSA) is 54.0 Å². The van der Waals surface area contributed by atoms with E-state index >= 15 is 0 Å². The molecule has 0 radical (unpaired) electrons. The second-order valence-corrected chi connectivity index (χ2v) is 4.00. The molecular formula is C12H15N3O. The minimum Gasteiger partial charge on any atom is -0.314 e. The van der Waals surface area contributed by atoms with E-state index in [-0.39, 0.29) is 6.03 Å². The Morgan fingerprint density at radius 2 is 2.38 bits per heavy atom. The first-order valence-electron chi connectivity index (χ1n) is 5.40. The SMILES string of the molecule is C/C(=C\NC(=O)Nc1cccnc1)C1CC1. The Morgan fingerprint density at radius 1 is 1.56 bits per heavy atom. The Hall–Kier alpha value is -1.84. The minimum atomic E-state index is -0.229. The number of rotatable bonds is 3. The Bertz CT molecular complexity index is 396. The van der Waals surface area contributed by atoms with Gasteiger partial charge in [0.1, 0.15) is 0 Å². The molecule has 1 aliphatic carbocycles. The molecule has 0 aromatic carbocycles. The molecule has 4 nitrogen and oxygen atoms in total. The van der Waals surface area contributed by atoms with Gasteiger partial charge >= 0.3 is 6.03 Å². The van der Waals surface area contributed by atoms with Gasteiger partial charge in [-0.3, -0.25) is 4.98 Å². The van der Waals surface area contributed by atoms with Crippen LogP contribution in [0.5, 0.6) is 0 Å². The van der Waals surface area contributed by atoms with Crippen molar-refractivity contribution < 1.29 is 4.79 Å². The lowest BCUT2D eigenvalue weighted by molar-refractivity contribution is 0.255. The predicted molar refractivity (Wildman–Crippen MR) is 62.9 cm³/mol. The maximum Gasteiger partial charge on any atom is 0.323 e. The number of allylic oxidation sites excluding steroid dienone is 1. The maximum atomic E-state index is 11.5. The van der Waals surface area contributed by atoms with Crippen LogP contribution in [0.2, 0.25) is 0 Å². The summed E-state index contributed by atoms with van der Waals surface area (Å²) in [4.78, 5) is 15.4. The van der Waals surface area contributed by atoms with E-state index in [9.17, 15) is 4.79 Å². The number of hydrogen-bond donors (Lipinski definition) is 2. The lowest BCUT2D eigenvalue weighted by atomic mass is 10.2. The smallest absolute Gasteiger partial charge is 0.314 e. The molecule has 2 N–H and O–H groups in total. The first kappa shape index (κ1) is 10.7. The number of nitrogens with one attached hydrogen (secondary N) is 2. The lowest BCUT2D eigenvalue weighted by Gasteiger charge is -2.04. The standard InChI is InChI=1S/C12H15N3O/c1-9(10-4-5-10)7-14-12(16)15-11-3-2-6-13-8-11/h2-3,6-8,10H,4-5H2,1H3,(H2,14,15,16)/b9-7+. The van der Waals surface area contributed by atoms with Gasteiger partial charge in [-0.2, -0.15) is 0 Å². The fourth-order valence-electron chi connectivity index (χ4n) is 1.44. The van der Waals surface area contributed by atoms with Crippen LogP contribution in [0.25, 0.3) is 0 Å². The summed E-state index contributed by atoms with van der Waals surface area (Å²) in [6.07, 6.45) is 7.54. The lowest BCUT2D eigenvalue weighted by Crippen LogP contribution is -2.24. The van der Waals surface area contributed by atoms with E-state index in [4.69, 9.17) is 0 Å². The van der Waals surface area contributed by atoms with Gasteiger partial charge in [-0.1, -0.05) is 5.57 Å². The quantitative estimate of drug-likeness (QED) is 0.817. The van der Waals surface area contributed by atoms with E-state index < -0.39 is 0 Å². The minimum absolute atomic E-state index is 0.229. The zero-order chi connectivity index (χ0) is 11.4. The number of aromatic nitrogens is 1. The fourth-order valence-corrected chi connectivity index (χ4v) is 1.44. The van der Waals surface area contributed by atoms with Crippen molar-refractivity contribution in [2.24, 2.45) is 5.92 Å². The average molecular weight is 217 g/mol. The highest BCUT2D eigenvalue weighted by Gasteiger charge is 2.22. The summed E-state index contributed by atoms with van der Waals surface area (Å²) in [5, 5.41) is 5.41. The molecule has 0 aliphatic heterocycles. The number of nitrogens with zero attached hydrogens (tertiary/aromatic N) is 1. The summed E-state index contributed by atoms with van der Waals surface area (Å²) in [5.41, 5.74) is 1.93. The van der Waals surface area contributed by atoms with Gasteiger partial charge < -0.3 is 10.6 Å². The maximum absolute atomic E-state index is 11.5. The zero-order valence-electron chi connectivity index (χ0n) is 9.23. The van der Waals surface area contributed by atoms with Crippen molar-refractivity contribution in [3.8, 4) is 0 Å². The molecule has 1 aromatic heterocycles. The van der Waals surface area contributed by atoms with Crippen LogP contribution in [0.15, 0.2) is 36.3 Å². The molecule has 0 saturated heterocycles. The normalized spacial score (nSPS) is 15.7. The van der Waals surface area contributed by atoms with Crippen LogP contribution < -0.4 is 10.6 Å². The van der Waals surface area contributed by atoms with Crippen LogP contribution in [-0.4, -0.2) is 11.0 Å². The molecule has 0 bridgehead atoms. The number of carbonyl (C=O) groups excluding carboxylic acids is 1. The number of amides is 2. The number of hydrogen-bond acceptors (Lipinski definition) is 2. The van der Waals surface area contributed by atoms with E-state index in [0.29, 0.717) is 11.6 Å². The number of urea groups is 1. The monoisotopic (exact) mass is 217 g/mol. The third kappa shape index (κ3) is 3.08. The molecule has 1 aromatic rings. The van der Waals surface area contributed by atoms with Crippen molar-refractivity contribution in [2.45, 2.75) is 19.8 Å². The first-order chi connectivity index (χ1) is 7.75. The predicted octanol–water partition coefficient (Wildman–Crippen LogP) is 2.52. The third-order valence-corrected chi connectivity index (χ3v) is 2.57. The molecule has 0 spiro atoms. The van der Waals surface area contributed by atoms with E-state index in [0.717, 1.165) is 0 Å². The van der Waals surface area contributed by atoms with Crippen LogP contribution >= 0.6 is 0 Å². The van der Waals surface area contributed by atoms with Gasteiger partial charge in [0.25, 0.3) is 0 Å². The van der Waals surface area contributed by atoms with Gasteiger partial charge in [0, 0.05) is 12.4 Å². The molecule has 2 amide bonds. The van der Waals surface area contributed by atoms with Crippen LogP contribution in [0.1, 0.15) is 19.8 Å². The van der Waals surface area contributed by atoms with Crippen LogP contribution in [-0.2, 0) is 0 Å². The Kier molecular flexibility index (Phi) is 3.19. The molecule has 84 valence electrons. The highest BCUT2D eigenvalue weighted by Crippen LogP contribution is 2.35. The molecular weight excluding hydrogens is 202 g/mol. The Balaban J connectivity index is 1.82. The van der Waals surface area contributed by atoms with E-state index in [1.165, 1.54) is 18.4 Å². The van der Waals surface area contributed by atoms with E-state index in [2.05, 4.69) is 15.6 Å². The molecule has 2 rings (SSSR count). The van der Waals surface area contributed by atoms with Crippen molar-refractivity contribution in [1.29, 1.82) is 0 Å². The van der Waals surface area contributed by atoms with Crippen molar-refractivity contribution >= 4 is 11.7 Å². The second kappa shape index (κ2) is 4.79. The summed E-state index contributed by atoms with van der Waals surface area (Å²) >= 11 is 0. The van der Waals surface area contributed by atoms with Crippen molar-refractivity contribution in [3.05, 3.63) is 36.3 Å². The number of anilines is 1. The molecule has 0 unspecified atom stereocenters. The molecule has 0 atom stereocenters. The van der Waals surface area contributed by atoms with Crippen LogP contribution in [0.3, 0.4) is 0 Å². The summed E-state index contributed by atoms with van der Waals surface area (Å²) in [6, 6.07) is 3.35. The second-order valence-electron chi connectivity index (χ2n) is 4.00. The zero-order valence-corrected chi connectivity index (χ0v) is 9.23. The summed E-state index contributed by atoms with van der Waals surface area (Å²) in [6.45, 7) is 2.04. The Morgan fingerprint density at radius 3 is 3.00 bits per heavy atom. The van der Waals surface area contributed by atoms with E-state index in [1.54, 1.807) is 30.7 Å². The van der Waals surface area contributed by atoms with Crippen LogP contribution in [0, 0.1) is 5.92 Å². The van der Waals surface area contributed by atoms with E-state index in [1.807, 2.05) is 6.92 Å². The fraction of sp³-hybridized carbons (Fsp3) is 0.333. The number of carbonyl (C=O) groups is 1. The highest BCUT2D eigenvalue weighted by molar-refractivity contribution is 5.89. The van der Waals surface area contributed by atoms with Gasteiger partial charge in [-0.05, 0) is 37.8 Å². The largest absolute Gasteiger partial charge is 0.323 e. The van der Waals surface area contributed by atoms with Gasteiger partial charge in [0.05, 0.1) is 11.9 Å². The molecule has 1 fully saturated rings. The van der Waals surface area contributed by atoms with Gasteiger partial charge in [0.15, 0.2) is 0 Å². The molecule has 16 heavy (non-hydrogen) atoms. The third-order valence-electron chi connectivity index (χ3n) is 2.57. The Labute approximate surface area is 94.8 Å². The highest BCUT2D eigenvalue weighted by atomic mass is 16.2. The first-order valence-corrected chi connectivity index (χ1v) is 5.40. The van der Waals surface area contributed by atoms with Crippen molar-refractivity contribution in [2.75, 3.05) is 5.32 Å². The van der Waals surface area contributed by atoms with Gasteiger partial charge in [-0.15, -0.1) is 0 Å². The molecule has 1 saturated carbocycles. The molecule has 1 aliphatic rings. The summed E-state index contributed by atoms with van der Waals surface area (Å²) < 4.78 is 0. The van der Waals surface area contributed by atoms with Crippen molar-refractivity contribution in [3.63, 3.8) is 0 Å². The molecule has 1 heterocycles. The number of pyridine rings is 1. The van der Waals surface area contributed by atoms with Gasteiger partial charge in [-0.25, -0.2) is 4.79 Å². The van der Waals surface area contributed by atoms with Crippen LogP contribution in [0.4, 0.5) is 10.5 Å². The average Bonchev–Trinajstić information content (AvgIpc) is 3.11.